The van der Waals surface area contributed by atoms with Crippen LogP contribution in [0.2, 0.25) is 0 Å². The van der Waals surface area contributed by atoms with Crippen molar-refractivity contribution in [3.05, 3.63) is 84.2 Å². The molecule has 0 radical (unpaired) electrons. The van der Waals surface area contributed by atoms with Crippen molar-refractivity contribution in [1.82, 2.24) is 4.98 Å². The summed E-state index contributed by atoms with van der Waals surface area (Å²) in [4.78, 5) is 30.3. The van der Waals surface area contributed by atoms with E-state index in [1.165, 1.54) is 12.5 Å². The standard InChI is InChI=1S/C23H24N4O2/c1-3-27(16-18-8-5-4-6-9-18)22-12-19(14-24-15-22)23(29)26-21-11-7-10-20(13-21)25-17(2)28/h4-15H,3,16H2,1-2H3,(H,25,28)(H,26,29). The molecule has 1 heterocycles. The third-order valence-electron chi connectivity index (χ3n) is 4.39. The number of rotatable bonds is 7. The van der Waals surface area contributed by atoms with Crippen LogP contribution in [-0.4, -0.2) is 23.3 Å². The molecule has 0 unspecified atom stereocenters. The first-order valence-corrected chi connectivity index (χ1v) is 9.48. The molecule has 6 heteroatoms. The van der Waals surface area contributed by atoms with Crippen LogP contribution in [0.15, 0.2) is 73.1 Å². The van der Waals surface area contributed by atoms with Gasteiger partial charge in [0.2, 0.25) is 5.91 Å². The third-order valence-corrected chi connectivity index (χ3v) is 4.39. The second kappa shape index (κ2) is 9.50. The zero-order valence-corrected chi connectivity index (χ0v) is 16.6. The number of nitrogens with one attached hydrogen (secondary N) is 2. The molecule has 0 aliphatic carbocycles. The zero-order valence-electron chi connectivity index (χ0n) is 16.6. The fraction of sp³-hybridized carbons (Fsp3) is 0.174. The Morgan fingerprint density at radius 2 is 1.66 bits per heavy atom. The predicted molar refractivity (Wildman–Crippen MR) is 116 cm³/mol. The average molecular weight is 388 g/mol. The minimum absolute atomic E-state index is 0.163. The molecular formula is C23H24N4O2. The molecule has 2 amide bonds. The second-order valence-electron chi connectivity index (χ2n) is 6.65. The molecule has 0 saturated heterocycles. The molecule has 6 nitrogen and oxygen atoms in total. The Labute approximate surface area is 170 Å². The van der Waals surface area contributed by atoms with E-state index in [0.717, 1.165) is 18.8 Å². The molecule has 2 N–H and O–H groups in total. The summed E-state index contributed by atoms with van der Waals surface area (Å²) in [5, 5.41) is 5.56. The zero-order chi connectivity index (χ0) is 20.6. The van der Waals surface area contributed by atoms with Crippen molar-refractivity contribution in [2.24, 2.45) is 0 Å². The van der Waals surface area contributed by atoms with Gasteiger partial charge in [-0.15, -0.1) is 0 Å². The highest BCUT2D eigenvalue weighted by atomic mass is 16.2. The van der Waals surface area contributed by atoms with Crippen molar-refractivity contribution >= 4 is 28.9 Å². The minimum atomic E-state index is -0.255. The quantitative estimate of drug-likeness (QED) is 0.632. The first-order chi connectivity index (χ1) is 14.0. The van der Waals surface area contributed by atoms with E-state index in [-0.39, 0.29) is 11.8 Å². The lowest BCUT2D eigenvalue weighted by atomic mass is 10.2. The number of pyridine rings is 1. The molecule has 29 heavy (non-hydrogen) atoms. The Morgan fingerprint density at radius 1 is 0.931 bits per heavy atom. The van der Waals surface area contributed by atoms with Gasteiger partial charge in [-0.1, -0.05) is 36.4 Å². The molecule has 2 aromatic carbocycles. The second-order valence-corrected chi connectivity index (χ2v) is 6.65. The summed E-state index contributed by atoms with van der Waals surface area (Å²) in [5.41, 5.74) is 3.78. The normalized spacial score (nSPS) is 10.3. The Morgan fingerprint density at radius 3 is 2.34 bits per heavy atom. The highest BCUT2D eigenvalue weighted by Gasteiger charge is 2.12. The van der Waals surface area contributed by atoms with E-state index >= 15 is 0 Å². The van der Waals surface area contributed by atoms with Crippen LogP contribution in [0.3, 0.4) is 0 Å². The van der Waals surface area contributed by atoms with Gasteiger partial charge in [0.25, 0.3) is 5.91 Å². The highest BCUT2D eigenvalue weighted by molar-refractivity contribution is 6.05. The van der Waals surface area contributed by atoms with Gasteiger partial charge in [0.1, 0.15) is 0 Å². The Kier molecular flexibility index (Phi) is 6.58. The van der Waals surface area contributed by atoms with E-state index in [9.17, 15) is 9.59 Å². The monoisotopic (exact) mass is 388 g/mol. The van der Waals surface area contributed by atoms with Crippen molar-refractivity contribution in [3.8, 4) is 0 Å². The number of carbonyl (C=O) groups is 2. The number of amides is 2. The summed E-state index contributed by atoms with van der Waals surface area (Å²) in [7, 11) is 0. The molecule has 3 rings (SSSR count). The van der Waals surface area contributed by atoms with Gasteiger partial charge in [-0.3, -0.25) is 14.6 Å². The Hall–Kier alpha value is -3.67. The maximum absolute atomic E-state index is 12.7. The van der Waals surface area contributed by atoms with E-state index in [4.69, 9.17) is 0 Å². The van der Waals surface area contributed by atoms with E-state index in [1.54, 1.807) is 36.7 Å². The van der Waals surface area contributed by atoms with Gasteiger partial charge in [-0.05, 0) is 36.8 Å². The highest BCUT2D eigenvalue weighted by Crippen LogP contribution is 2.20. The van der Waals surface area contributed by atoms with Crippen LogP contribution in [0.4, 0.5) is 17.1 Å². The predicted octanol–water partition coefficient (Wildman–Crippen LogP) is 4.32. The lowest BCUT2D eigenvalue weighted by Crippen LogP contribution is -2.23. The van der Waals surface area contributed by atoms with Gasteiger partial charge in [0.05, 0.1) is 17.4 Å². The molecule has 3 aromatic rings. The van der Waals surface area contributed by atoms with Crippen LogP contribution in [0, 0.1) is 0 Å². The fourth-order valence-corrected chi connectivity index (χ4v) is 3.00. The number of hydrogen-bond donors (Lipinski definition) is 2. The summed E-state index contributed by atoms with van der Waals surface area (Å²) < 4.78 is 0. The molecule has 0 spiro atoms. The number of nitrogens with zero attached hydrogens (tertiary/aromatic N) is 2. The topological polar surface area (TPSA) is 74.3 Å². The maximum Gasteiger partial charge on any atom is 0.257 e. The van der Waals surface area contributed by atoms with E-state index in [2.05, 4.69) is 39.6 Å². The summed E-state index contributed by atoms with van der Waals surface area (Å²) >= 11 is 0. The van der Waals surface area contributed by atoms with Crippen LogP contribution in [0.1, 0.15) is 29.8 Å². The van der Waals surface area contributed by atoms with Crippen LogP contribution in [0.25, 0.3) is 0 Å². The van der Waals surface area contributed by atoms with Gasteiger partial charge in [-0.25, -0.2) is 0 Å². The molecule has 0 aliphatic heterocycles. The lowest BCUT2D eigenvalue weighted by molar-refractivity contribution is -0.114. The lowest BCUT2D eigenvalue weighted by Gasteiger charge is -2.23. The van der Waals surface area contributed by atoms with Crippen molar-refractivity contribution in [2.75, 3.05) is 22.1 Å². The van der Waals surface area contributed by atoms with Gasteiger partial charge in [-0.2, -0.15) is 0 Å². The van der Waals surface area contributed by atoms with Gasteiger partial charge < -0.3 is 15.5 Å². The number of carbonyl (C=O) groups excluding carboxylic acids is 2. The molecule has 0 saturated carbocycles. The average Bonchev–Trinajstić information content (AvgIpc) is 2.72. The SMILES string of the molecule is CCN(Cc1ccccc1)c1cncc(C(=O)Nc2cccc(NC(C)=O)c2)c1. The summed E-state index contributed by atoms with van der Waals surface area (Å²) in [5.74, 6) is -0.418. The van der Waals surface area contributed by atoms with E-state index < -0.39 is 0 Å². The first-order valence-electron chi connectivity index (χ1n) is 9.48. The molecule has 0 aliphatic rings. The van der Waals surface area contributed by atoms with Crippen LogP contribution < -0.4 is 15.5 Å². The molecular weight excluding hydrogens is 364 g/mol. The summed E-state index contributed by atoms with van der Waals surface area (Å²) in [6, 6.07) is 19.0. The fourth-order valence-electron chi connectivity index (χ4n) is 3.00. The summed E-state index contributed by atoms with van der Waals surface area (Å²) in [6.45, 7) is 5.05. The van der Waals surface area contributed by atoms with Gasteiger partial charge in [0.15, 0.2) is 0 Å². The Bertz CT molecular complexity index is 989. The molecule has 0 fully saturated rings. The largest absolute Gasteiger partial charge is 0.366 e. The van der Waals surface area contributed by atoms with Gasteiger partial charge >= 0.3 is 0 Å². The van der Waals surface area contributed by atoms with E-state index in [1.807, 2.05) is 24.3 Å². The van der Waals surface area contributed by atoms with Crippen LogP contribution in [-0.2, 0) is 11.3 Å². The number of hydrogen-bond acceptors (Lipinski definition) is 4. The first kappa shape index (κ1) is 20.1. The molecule has 148 valence electrons. The van der Waals surface area contributed by atoms with Crippen molar-refractivity contribution in [3.63, 3.8) is 0 Å². The maximum atomic E-state index is 12.7. The molecule has 1 aromatic heterocycles. The summed E-state index contributed by atoms with van der Waals surface area (Å²) in [6.07, 6.45) is 3.31. The number of anilines is 3. The smallest absolute Gasteiger partial charge is 0.257 e. The van der Waals surface area contributed by atoms with Crippen LogP contribution in [0.5, 0.6) is 0 Å². The molecule has 0 atom stereocenters. The van der Waals surface area contributed by atoms with Crippen LogP contribution >= 0.6 is 0 Å². The van der Waals surface area contributed by atoms with Crippen molar-refractivity contribution in [1.29, 1.82) is 0 Å². The molecule has 0 bridgehead atoms. The Balaban J connectivity index is 1.74. The van der Waals surface area contributed by atoms with E-state index in [0.29, 0.717) is 16.9 Å². The van der Waals surface area contributed by atoms with Crippen molar-refractivity contribution < 1.29 is 9.59 Å². The van der Waals surface area contributed by atoms with Gasteiger partial charge in [0, 0.05) is 37.6 Å². The van der Waals surface area contributed by atoms with Crippen molar-refractivity contribution in [2.45, 2.75) is 20.4 Å². The minimum Gasteiger partial charge on any atom is -0.366 e. The number of benzene rings is 2. The third kappa shape index (κ3) is 5.65. The number of aromatic nitrogens is 1.